The molecule has 1 aromatic carbocycles. The number of nitrogens with one attached hydrogen (secondary N) is 1. The van der Waals surface area contributed by atoms with E-state index >= 15 is 0 Å². The van der Waals surface area contributed by atoms with E-state index in [4.69, 9.17) is 9.47 Å². The molecule has 2 aliphatic heterocycles. The highest BCUT2D eigenvalue weighted by atomic mass is 16.6. The van der Waals surface area contributed by atoms with E-state index in [0.717, 1.165) is 43.5 Å². The monoisotopic (exact) mass is 314 g/mol. The number of fused-ring (bicyclic) bond motifs is 3. The van der Waals surface area contributed by atoms with Gasteiger partial charge in [0.2, 0.25) is 0 Å². The van der Waals surface area contributed by atoms with E-state index in [1.807, 2.05) is 6.07 Å². The van der Waals surface area contributed by atoms with Gasteiger partial charge in [0.25, 0.3) is 0 Å². The van der Waals surface area contributed by atoms with Crippen molar-refractivity contribution in [2.24, 2.45) is 0 Å². The number of hydrogen-bond acceptors (Lipinski definition) is 3. The Labute approximate surface area is 135 Å². The second-order valence-electron chi connectivity index (χ2n) is 6.36. The summed E-state index contributed by atoms with van der Waals surface area (Å²) < 4.78 is 11.1. The van der Waals surface area contributed by atoms with E-state index in [0.29, 0.717) is 19.7 Å². The molecular formula is C18H22N2O3. The van der Waals surface area contributed by atoms with Crippen molar-refractivity contribution in [1.82, 2.24) is 9.88 Å². The SMILES string of the molecule is O=C(OCC1CCCCO1)N1CCc2c([nH]c3ccccc23)C1. The molecule has 122 valence electrons. The Hall–Kier alpha value is -2.01. The van der Waals surface area contributed by atoms with E-state index in [1.54, 1.807) is 4.90 Å². The number of para-hydroxylation sites is 1. The van der Waals surface area contributed by atoms with E-state index in [-0.39, 0.29) is 12.2 Å². The number of amides is 1. The summed E-state index contributed by atoms with van der Waals surface area (Å²) >= 11 is 0. The van der Waals surface area contributed by atoms with Gasteiger partial charge in [-0.15, -0.1) is 0 Å². The molecule has 5 heteroatoms. The fraction of sp³-hybridized carbons (Fsp3) is 0.500. The highest BCUT2D eigenvalue weighted by Crippen LogP contribution is 2.27. The Kier molecular flexibility index (Phi) is 3.95. The molecule has 5 nitrogen and oxygen atoms in total. The molecule has 3 heterocycles. The van der Waals surface area contributed by atoms with E-state index in [2.05, 4.69) is 23.2 Å². The number of rotatable bonds is 2. The normalized spacial score (nSPS) is 21.2. The number of aromatic nitrogens is 1. The number of ether oxygens (including phenoxy) is 2. The van der Waals surface area contributed by atoms with Gasteiger partial charge in [-0.25, -0.2) is 4.79 Å². The molecule has 0 saturated carbocycles. The van der Waals surface area contributed by atoms with Crippen LogP contribution < -0.4 is 0 Å². The minimum atomic E-state index is -0.233. The Morgan fingerprint density at radius 2 is 2.26 bits per heavy atom. The molecule has 1 fully saturated rings. The Morgan fingerprint density at radius 1 is 1.35 bits per heavy atom. The van der Waals surface area contributed by atoms with Gasteiger partial charge in [-0.05, 0) is 37.3 Å². The van der Waals surface area contributed by atoms with Crippen molar-refractivity contribution in [3.8, 4) is 0 Å². The van der Waals surface area contributed by atoms with Crippen LogP contribution in [0.1, 0.15) is 30.5 Å². The quantitative estimate of drug-likeness (QED) is 0.926. The van der Waals surface area contributed by atoms with Crippen LogP contribution in [0.2, 0.25) is 0 Å². The van der Waals surface area contributed by atoms with Crippen molar-refractivity contribution in [3.05, 3.63) is 35.5 Å². The van der Waals surface area contributed by atoms with Gasteiger partial charge in [0.15, 0.2) is 0 Å². The summed E-state index contributed by atoms with van der Waals surface area (Å²) in [5, 5.41) is 1.27. The molecule has 1 saturated heterocycles. The highest BCUT2D eigenvalue weighted by Gasteiger charge is 2.25. The molecule has 0 radical (unpaired) electrons. The lowest BCUT2D eigenvalue weighted by Crippen LogP contribution is -2.38. The van der Waals surface area contributed by atoms with Crippen molar-refractivity contribution in [3.63, 3.8) is 0 Å². The average Bonchev–Trinajstić information content (AvgIpc) is 2.98. The fourth-order valence-corrected chi connectivity index (χ4v) is 3.54. The first kappa shape index (κ1) is 14.6. The number of nitrogens with zero attached hydrogens (tertiary/aromatic N) is 1. The summed E-state index contributed by atoms with van der Waals surface area (Å²) in [6, 6.07) is 8.30. The van der Waals surface area contributed by atoms with Gasteiger partial charge >= 0.3 is 6.09 Å². The van der Waals surface area contributed by atoms with Crippen molar-refractivity contribution < 1.29 is 14.3 Å². The largest absolute Gasteiger partial charge is 0.447 e. The zero-order valence-corrected chi connectivity index (χ0v) is 13.2. The van der Waals surface area contributed by atoms with E-state index in [1.165, 1.54) is 10.9 Å². The third kappa shape index (κ3) is 2.93. The average molecular weight is 314 g/mol. The summed E-state index contributed by atoms with van der Waals surface area (Å²) in [4.78, 5) is 17.5. The lowest BCUT2D eigenvalue weighted by molar-refractivity contribution is -0.0285. The third-order valence-corrected chi connectivity index (χ3v) is 4.81. The summed E-state index contributed by atoms with van der Waals surface area (Å²) in [6.07, 6.45) is 3.96. The molecule has 4 rings (SSSR count). The molecule has 1 atom stereocenters. The zero-order valence-electron chi connectivity index (χ0n) is 13.2. The number of hydrogen-bond donors (Lipinski definition) is 1. The molecule has 1 N–H and O–H groups in total. The third-order valence-electron chi connectivity index (χ3n) is 4.81. The molecule has 2 aromatic rings. The van der Waals surface area contributed by atoms with E-state index < -0.39 is 0 Å². The smallest absolute Gasteiger partial charge is 0.410 e. The first-order valence-electron chi connectivity index (χ1n) is 8.43. The summed E-state index contributed by atoms with van der Waals surface area (Å²) in [7, 11) is 0. The van der Waals surface area contributed by atoms with E-state index in [9.17, 15) is 4.79 Å². The summed E-state index contributed by atoms with van der Waals surface area (Å²) in [5.41, 5.74) is 3.60. The van der Waals surface area contributed by atoms with Crippen molar-refractivity contribution in [2.75, 3.05) is 19.8 Å². The molecule has 0 bridgehead atoms. The summed E-state index contributed by atoms with van der Waals surface area (Å²) in [6.45, 7) is 2.45. The molecule has 0 aliphatic carbocycles. The topological polar surface area (TPSA) is 54.6 Å². The van der Waals surface area contributed by atoms with Gasteiger partial charge in [0.05, 0.1) is 12.6 Å². The Balaban J connectivity index is 1.40. The predicted octanol–water partition coefficient (Wildman–Crippen LogP) is 3.23. The van der Waals surface area contributed by atoms with Crippen LogP contribution in [-0.2, 0) is 22.4 Å². The van der Waals surface area contributed by atoms with Crippen LogP contribution in [0, 0.1) is 0 Å². The molecule has 1 amide bonds. The fourth-order valence-electron chi connectivity index (χ4n) is 3.54. The van der Waals surface area contributed by atoms with Crippen molar-refractivity contribution >= 4 is 17.0 Å². The van der Waals surface area contributed by atoms with Crippen LogP contribution in [0.15, 0.2) is 24.3 Å². The lowest BCUT2D eigenvalue weighted by atomic mass is 10.0. The maximum Gasteiger partial charge on any atom is 0.410 e. The van der Waals surface area contributed by atoms with Crippen molar-refractivity contribution in [1.29, 1.82) is 0 Å². The van der Waals surface area contributed by atoms with Gasteiger partial charge in [-0.3, -0.25) is 0 Å². The first-order valence-corrected chi connectivity index (χ1v) is 8.43. The lowest BCUT2D eigenvalue weighted by Gasteiger charge is -2.28. The van der Waals surface area contributed by atoms with Crippen LogP contribution in [0.5, 0.6) is 0 Å². The van der Waals surface area contributed by atoms with Crippen LogP contribution in [-0.4, -0.2) is 41.8 Å². The number of aromatic amines is 1. The highest BCUT2D eigenvalue weighted by molar-refractivity contribution is 5.85. The van der Waals surface area contributed by atoms with Gasteiger partial charge < -0.3 is 19.4 Å². The minimum absolute atomic E-state index is 0.0705. The van der Waals surface area contributed by atoms with Crippen LogP contribution in [0.3, 0.4) is 0 Å². The maximum absolute atomic E-state index is 12.3. The molecule has 0 spiro atoms. The van der Waals surface area contributed by atoms with Gasteiger partial charge in [0.1, 0.15) is 6.61 Å². The first-order chi connectivity index (χ1) is 11.3. The number of carbonyl (C=O) groups is 1. The second kappa shape index (κ2) is 6.24. The van der Waals surface area contributed by atoms with Gasteiger partial charge in [0, 0.05) is 29.7 Å². The predicted molar refractivity (Wildman–Crippen MR) is 87.4 cm³/mol. The standard InChI is InChI=1S/C18H22N2O3/c21-18(23-12-13-5-3-4-10-22-13)20-9-8-15-14-6-1-2-7-16(14)19-17(15)11-20/h1-2,6-7,13,19H,3-5,8-12H2. The molecule has 2 aliphatic rings. The Bertz CT molecular complexity index is 703. The van der Waals surface area contributed by atoms with Gasteiger partial charge in [-0.1, -0.05) is 18.2 Å². The zero-order chi connectivity index (χ0) is 15.6. The number of H-pyrrole nitrogens is 1. The molecule has 1 aromatic heterocycles. The van der Waals surface area contributed by atoms with Crippen LogP contribution in [0.25, 0.3) is 10.9 Å². The second-order valence-corrected chi connectivity index (χ2v) is 6.36. The molecule has 23 heavy (non-hydrogen) atoms. The maximum atomic E-state index is 12.3. The van der Waals surface area contributed by atoms with Crippen molar-refractivity contribution in [2.45, 2.75) is 38.3 Å². The number of carbonyl (C=O) groups excluding carboxylic acids is 1. The number of benzene rings is 1. The summed E-state index contributed by atoms with van der Waals surface area (Å²) in [5.74, 6) is 0. The van der Waals surface area contributed by atoms with Gasteiger partial charge in [-0.2, -0.15) is 0 Å². The minimum Gasteiger partial charge on any atom is -0.447 e. The van der Waals surface area contributed by atoms with Crippen LogP contribution >= 0.6 is 0 Å². The molecular weight excluding hydrogens is 292 g/mol. The Morgan fingerprint density at radius 3 is 3.13 bits per heavy atom. The molecule has 1 unspecified atom stereocenters. The van der Waals surface area contributed by atoms with Crippen LogP contribution in [0.4, 0.5) is 4.79 Å².